The van der Waals surface area contributed by atoms with Crippen molar-refractivity contribution in [3.8, 4) is 11.4 Å². The maximum absolute atomic E-state index is 12.1. The highest BCUT2D eigenvalue weighted by Gasteiger charge is 2.11. The molecule has 0 unspecified atom stereocenters. The fourth-order valence-electron chi connectivity index (χ4n) is 2.71. The molecule has 1 N–H and O–H groups in total. The summed E-state index contributed by atoms with van der Waals surface area (Å²) >= 11 is 5.88. The predicted molar refractivity (Wildman–Crippen MR) is 109 cm³/mol. The molecular formula is C21H23ClN4O2. The van der Waals surface area contributed by atoms with Crippen LogP contribution in [0.4, 0.5) is 0 Å². The van der Waals surface area contributed by atoms with Crippen LogP contribution >= 0.6 is 11.6 Å². The first-order valence-electron chi connectivity index (χ1n) is 9.07. The number of hydrogen-bond acceptors (Lipinski definition) is 5. The number of nitrogens with zero attached hydrogens (tertiary/aromatic N) is 3. The van der Waals surface area contributed by atoms with E-state index < -0.39 is 0 Å². The lowest BCUT2D eigenvalue weighted by molar-refractivity contribution is -0.121. The lowest BCUT2D eigenvalue weighted by Gasteiger charge is -2.10. The Morgan fingerprint density at radius 1 is 1.07 bits per heavy atom. The number of hydrogen-bond donors (Lipinski definition) is 1. The Kier molecular flexibility index (Phi) is 6.79. The molecule has 1 amide bonds. The summed E-state index contributed by atoms with van der Waals surface area (Å²) in [4.78, 5) is 18.5. The SMILES string of the molecule is CN(C)Cc1ccc(CNC(=O)CCc2nc(-c3ccc(Cl)cc3)no2)cc1. The van der Waals surface area contributed by atoms with Crippen molar-refractivity contribution in [3.63, 3.8) is 0 Å². The molecule has 0 radical (unpaired) electrons. The van der Waals surface area contributed by atoms with Gasteiger partial charge in [0.2, 0.25) is 17.6 Å². The summed E-state index contributed by atoms with van der Waals surface area (Å²) in [5, 5.41) is 7.52. The zero-order valence-corrected chi connectivity index (χ0v) is 16.7. The molecule has 7 heteroatoms. The maximum atomic E-state index is 12.1. The van der Waals surface area contributed by atoms with Gasteiger partial charge in [-0.1, -0.05) is 41.0 Å². The molecule has 0 atom stereocenters. The largest absolute Gasteiger partial charge is 0.352 e. The normalized spacial score (nSPS) is 11.0. The Hall–Kier alpha value is -2.70. The number of carbonyl (C=O) groups excluding carboxylic acids is 1. The van der Waals surface area contributed by atoms with E-state index in [1.165, 1.54) is 5.56 Å². The van der Waals surface area contributed by atoms with Crippen LogP contribution in [0.2, 0.25) is 5.02 Å². The average molecular weight is 399 g/mol. The third-order valence-corrected chi connectivity index (χ3v) is 4.40. The van der Waals surface area contributed by atoms with Gasteiger partial charge in [0.25, 0.3) is 0 Å². The highest BCUT2D eigenvalue weighted by atomic mass is 35.5. The van der Waals surface area contributed by atoms with Crippen LogP contribution in [-0.2, 0) is 24.3 Å². The van der Waals surface area contributed by atoms with Crippen molar-refractivity contribution in [1.29, 1.82) is 0 Å². The molecule has 1 heterocycles. The van der Waals surface area contributed by atoms with E-state index in [4.69, 9.17) is 16.1 Å². The lowest BCUT2D eigenvalue weighted by Crippen LogP contribution is -2.23. The van der Waals surface area contributed by atoms with Crippen LogP contribution in [0.15, 0.2) is 53.1 Å². The Morgan fingerprint density at radius 3 is 2.43 bits per heavy atom. The van der Waals surface area contributed by atoms with Gasteiger partial charge in [0.15, 0.2) is 0 Å². The van der Waals surface area contributed by atoms with E-state index >= 15 is 0 Å². The summed E-state index contributed by atoms with van der Waals surface area (Å²) in [5.74, 6) is 0.877. The number of amides is 1. The van der Waals surface area contributed by atoms with E-state index in [1.54, 1.807) is 12.1 Å². The molecule has 3 aromatic rings. The first kappa shape index (κ1) is 20.0. The monoisotopic (exact) mass is 398 g/mol. The van der Waals surface area contributed by atoms with E-state index in [0.717, 1.165) is 17.7 Å². The number of rotatable bonds is 8. The fraction of sp³-hybridized carbons (Fsp3) is 0.286. The molecule has 0 fully saturated rings. The summed E-state index contributed by atoms with van der Waals surface area (Å²) in [6.45, 7) is 1.40. The number of aryl methyl sites for hydroxylation is 1. The van der Waals surface area contributed by atoms with Gasteiger partial charge in [-0.2, -0.15) is 4.98 Å². The minimum atomic E-state index is -0.0522. The third-order valence-electron chi connectivity index (χ3n) is 4.15. The van der Waals surface area contributed by atoms with Crippen molar-refractivity contribution >= 4 is 17.5 Å². The molecule has 1 aromatic heterocycles. The molecule has 0 bridgehead atoms. The molecule has 3 rings (SSSR count). The van der Waals surface area contributed by atoms with Crippen molar-refractivity contribution < 1.29 is 9.32 Å². The van der Waals surface area contributed by atoms with Gasteiger partial charge < -0.3 is 14.7 Å². The highest BCUT2D eigenvalue weighted by Crippen LogP contribution is 2.19. The third kappa shape index (κ3) is 5.90. The van der Waals surface area contributed by atoms with E-state index in [0.29, 0.717) is 36.1 Å². The average Bonchev–Trinajstić information content (AvgIpc) is 3.15. The summed E-state index contributed by atoms with van der Waals surface area (Å²) in [7, 11) is 4.08. The Balaban J connectivity index is 1.45. The molecule has 0 aliphatic rings. The summed E-state index contributed by atoms with van der Waals surface area (Å²) < 4.78 is 5.23. The van der Waals surface area contributed by atoms with Crippen molar-refractivity contribution in [2.75, 3.05) is 14.1 Å². The van der Waals surface area contributed by atoms with Crippen LogP contribution in [0.3, 0.4) is 0 Å². The van der Waals surface area contributed by atoms with E-state index in [-0.39, 0.29) is 5.91 Å². The lowest BCUT2D eigenvalue weighted by atomic mass is 10.1. The molecule has 2 aromatic carbocycles. The second kappa shape index (κ2) is 9.48. The summed E-state index contributed by atoms with van der Waals surface area (Å²) in [5.41, 5.74) is 3.13. The number of benzene rings is 2. The maximum Gasteiger partial charge on any atom is 0.227 e. The topological polar surface area (TPSA) is 71.3 Å². The van der Waals surface area contributed by atoms with E-state index in [9.17, 15) is 4.79 Å². The molecule has 0 saturated carbocycles. The van der Waals surface area contributed by atoms with Crippen LogP contribution in [0.25, 0.3) is 11.4 Å². The van der Waals surface area contributed by atoms with Crippen molar-refractivity contribution in [2.45, 2.75) is 25.9 Å². The number of halogens is 1. The van der Waals surface area contributed by atoms with E-state index in [1.807, 2.05) is 38.4 Å². The first-order valence-corrected chi connectivity index (χ1v) is 9.45. The smallest absolute Gasteiger partial charge is 0.227 e. The molecule has 146 valence electrons. The number of carbonyl (C=O) groups is 1. The summed E-state index contributed by atoms with van der Waals surface area (Å²) in [6.07, 6.45) is 0.690. The van der Waals surface area contributed by atoms with Gasteiger partial charge in [-0.15, -0.1) is 0 Å². The van der Waals surface area contributed by atoms with Crippen molar-refractivity contribution in [1.82, 2.24) is 20.4 Å². The summed E-state index contributed by atoms with van der Waals surface area (Å²) in [6, 6.07) is 15.4. The molecule has 0 spiro atoms. The molecule has 6 nitrogen and oxygen atoms in total. The molecular weight excluding hydrogens is 376 g/mol. The van der Waals surface area contributed by atoms with Crippen LogP contribution in [0, 0.1) is 0 Å². The van der Waals surface area contributed by atoms with Gasteiger partial charge in [0.1, 0.15) is 0 Å². The fourth-order valence-corrected chi connectivity index (χ4v) is 2.84. The van der Waals surface area contributed by atoms with E-state index in [2.05, 4.69) is 32.5 Å². The van der Waals surface area contributed by atoms with Gasteiger partial charge in [-0.3, -0.25) is 4.79 Å². The molecule has 0 aliphatic carbocycles. The Labute approximate surface area is 169 Å². The van der Waals surface area contributed by atoms with Crippen molar-refractivity contribution in [3.05, 3.63) is 70.6 Å². The van der Waals surface area contributed by atoms with Gasteiger partial charge in [-0.05, 0) is 49.5 Å². The van der Waals surface area contributed by atoms with Crippen LogP contribution in [0.1, 0.15) is 23.4 Å². The Morgan fingerprint density at radius 2 is 1.75 bits per heavy atom. The second-order valence-corrected chi connectivity index (χ2v) is 7.29. The van der Waals surface area contributed by atoms with Gasteiger partial charge >= 0.3 is 0 Å². The minimum absolute atomic E-state index is 0.0522. The standard InChI is InChI=1S/C21H23ClN4O2/c1-26(2)14-16-5-3-15(4-6-16)13-23-19(27)11-12-20-24-21(25-28-20)17-7-9-18(22)10-8-17/h3-10H,11-14H2,1-2H3,(H,23,27). The Bertz CT molecular complexity index is 905. The molecule has 28 heavy (non-hydrogen) atoms. The molecule has 0 aliphatic heterocycles. The zero-order chi connectivity index (χ0) is 19.9. The van der Waals surface area contributed by atoms with Crippen molar-refractivity contribution in [2.24, 2.45) is 0 Å². The number of aromatic nitrogens is 2. The number of nitrogens with one attached hydrogen (secondary N) is 1. The van der Waals surface area contributed by atoms with Gasteiger partial charge in [0.05, 0.1) is 0 Å². The molecule has 0 saturated heterocycles. The van der Waals surface area contributed by atoms with Crippen LogP contribution in [-0.4, -0.2) is 35.0 Å². The van der Waals surface area contributed by atoms with Crippen LogP contribution < -0.4 is 5.32 Å². The van der Waals surface area contributed by atoms with Gasteiger partial charge in [0, 0.05) is 36.5 Å². The second-order valence-electron chi connectivity index (χ2n) is 6.85. The van der Waals surface area contributed by atoms with Crippen LogP contribution in [0.5, 0.6) is 0 Å². The quantitative estimate of drug-likeness (QED) is 0.626. The minimum Gasteiger partial charge on any atom is -0.352 e. The zero-order valence-electron chi connectivity index (χ0n) is 16.0. The van der Waals surface area contributed by atoms with Gasteiger partial charge in [-0.25, -0.2) is 0 Å². The highest BCUT2D eigenvalue weighted by molar-refractivity contribution is 6.30. The first-order chi connectivity index (χ1) is 13.5. The predicted octanol–water partition coefficient (Wildman–Crippen LogP) is 3.70.